The molecule has 1 aromatic carbocycles. The molecule has 0 spiro atoms. The van der Waals surface area contributed by atoms with Gasteiger partial charge in [0.1, 0.15) is 0 Å². The number of hydrogen-bond donors (Lipinski definition) is 1. The van der Waals surface area contributed by atoms with Crippen molar-refractivity contribution in [1.82, 2.24) is 9.55 Å². The molecule has 2 aromatic rings. The Morgan fingerprint density at radius 1 is 1.29 bits per heavy atom. The maximum atomic E-state index is 5.18. The van der Waals surface area contributed by atoms with Crippen molar-refractivity contribution in [2.75, 3.05) is 19.0 Å². The Balaban J connectivity index is 2.20. The highest BCUT2D eigenvalue weighted by atomic mass is 16.5. The van der Waals surface area contributed by atoms with Gasteiger partial charge in [0.2, 0.25) is 5.95 Å². The van der Waals surface area contributed by atoms with Crippen LogP contribution in [0.5, 0.6) is 0 Å². The molecule has 4 nitrogen and oxygen atoms in total. The van der Waals surface area contributed by atoms with E-state index in [4.69, 9.17) is 4.74 Å². The molecule has 4 heteroatoms. The number of hydrogen-bond acceptors (Lipinski definition) is 3. The first-order chi connectivity index (χ1) is 10.1. The van der Waals surface area contributed by atoms with Gasteiger partial charge in [-0.3, -0.25) is 0 Å². The van der Waals surface area contributed by atoms with Gasteiger partial charge in [-0.1, -0.05) is 31.2 Å². The molecule has 0 radical (unpaired) electrons. The number of anilines is 1. The number of methoxy groups -OCH3 is 1. The third-order valence-electron chi connectivity index (χ3n) is 3.53. The Hall–Kier alpha value is -1.81. The third-order valence-corrected chi connectivity index (χ3v) is 3.53. The highest BCUT2D eigenvalue weighted by Crippen LogP contribution is 2.16. The van der Waals surface area contributed by atoms with Crippen LogP contribution >= 0.6 is 0 Å². The first kappa shape index (κ1) is 15.6. The largest absolute Gasteiger partial charge is 0.383 e. The number of ether oxygens (including phenoxy) is 1. The van der Waals surface area contributed by atoms with Crippen molar-refractivity contribution in [3.05, 3.63) is 47.3 Å². The zero-order valence-electron chi connectivity index (χ0n) is 13.4. The molecule has 0 aliphatic carbocycles. The van der Waals surface area contributed by atoms with Crippen LogP contribution < -0.4 is 5.32 Å². The Morgan fingerprint density at radius 3 is 2.67 bits per heavy atom. The number of imidazole rings is 1. The van der Waals surface area contributed by atoms with Crippen molar-refractivity contribution in [2.24, 2.45) is 0 Å². The number of aromatic nitrogens is 2. The molecule has 0 saturated heterocycles. The molecule has 0 saturated carbocycles. The number of nitrogens with zero attached hydrogens (tertiary/aromatic N) is 2. The van der Waals surface area contributed by atoms with Crippen LogP contribution in [-0.2, 0) is 17.7 Å². The van der Waals surface area contributed by atoms with Crippen molar-refractivity contribution < 1.29 is 4.74 Å². The van der Waals surface area contributed by atoms with E-state index < -0.39 is 0 Å². The smallest absolute Gasteiger partial charge is 0.203 e. The summed E-state index contributed by atoms with van der Waals surface area (Å²) >= 11 is 0. The fraction of sp³-hybridized carbons (Fsp3) is 0.471. The first-order valence-electron chi connectivity index (χ1n) is 7.50. The van der Waals surface area contributed by atoms with Gasteiger partial charge >= 0.3 is 0 Å². The number of nitrogens with one attached hydrogen (secondary N) is 1. The van der Waals surface area contributed by atoms with Gasteiger partial charge in [-0.25, -0.2) is 4.98 Å². The minimum absolute atomic E-state index is 0.233. The average molecular weight is 287 g/mol. The van der Waals surface area contributed by atoms with Crippen LogP contribution in [0.4, 0.5) is 5.95 Å². The second-order valence-corrected chi connectivity index (χ2v) is 5.46. The van der Waals surface area contributed by atoms with E-state index in [-0.39, 0.29) is 6.04 Å². The third kappa shape index (κ3) is 4.08. The van der Waals surface area contributed by atoms with E-state index in [0.717, 1.165) is 24.6 Å². The lowest BCUT2D eigenvalue weighted by molar-refractivity contribution is 0.190. The fourth-order valence-corrected chi connectivity index (χ4v) is 2.53. The number of aryl methyl sites for hydroxylation is 2. The monoisotopic (exact) mass is 287 g/mol. The molecule has 1 aromatic heterocycles. The Morgan fingerprint density at radius 2 is 2.00 bits per heavy atom. The summed E-state index contributed by atoms with van der Waals surface area (Å²) in [6.07, 6.45) is 3.14. The van der Waals surface area contributed by atoms with Crippen LogP contribution in [0.1, 0.15) is 30.7 Å². The van der Waals surface area contributed by atoms with Gasteiger partial charge < -0.3 is 14.6 Å². The summed E-state index contributed by atoms with van der Waals surface area (Å²) < 4.78 is 7.35. The van der Waals surface area contributed by atoms with Crippen molar-refractivity contribution in [3.8, 4) is 0 Å². The molecule has 1 unspecified atom stereocenters. The van der Waals surface area contributed by atoms with Gasteiger partial charge in [-0.2, -0.15) is 0 Å². The van der Waals surface area contributed by atoms with E-state index in [0.29, 0.717) is 6.61 Å². The first-order valence-corrected chi connectivity index (χ1v) is 7.50. The maximum Gasteiger partial charge on any atom is 0.203 e. The normalized spacial score (nSPS) is 12.4. The topological polar surface area (TPSA) is 39.1 Å². The van der Waals surface area contributed by atoms with Crippen molar-refractivity contribution in [1.29, 1.82) is 0 Å². The molecule has 1 atom stereocenters. The standard InChI is InChI=1S/C17H25N3O/c1-5-15-8-6-7-9-16(15)11-20-10-13(2)18-17(20)19-14(3)12-21-4/h6-10,14H,5,11-12H2,1-4H3,(H,18,19). The molecule has 114 valence electrons. The van der Waals surface area contributed by atoms with Gasteiger partial charge in [-0.05, 0) is 31.4 Å². The maximum absolute atomic E-state index is 5.18. The van der Waals surface area contributed by atoms with Crippen LogP contribution in [0.2, 0.25) is 0 Å². The number of benzene rings is 1. The molecule has 0 fully saturated rings. The lowest BCUT2D eigenvalue weighted by Crippen LogP contribution is -2.23. The highest BCUT2D eigenvalue weighted by Gasteiger charge is 2.10. The van der Waals surface area contributed by atoms with E-state index >= 15 is 0 Å². The summed E-state index contributed by atoms with van der Waals surface area (Å²) in [5.74, 6) is 0.906. The molecule has 0 amide bonds. The fourth-order valence-electron chi connectivity index (χ4n) is 2.53. The van der Waals surface area contributed by atoms with Crippen LogP contribution in [0.3, 0.4) is 0 Å². The van der Waals surface area contributed by atoms with Crippen LogP contribution in [0.15, 0.2) is 30.5 Å². The predicted molar refractivity (Wildman–Crippen MR) is 86.8 cm³/mol. The molecule has 2 rings (SSSR count). The molecule has 21 heavy (non-hydrogen) atoms. The minimum Gasteiger partial charge on any atom is -0.383 e. The van der Waals surface area contributed by atoms with Crippen molar-refractivity contribution >= 4 is 5.95 Å². The molecule has 0 aliphatic heterocycles. The summed E-state index contributed by atoms with van der Waals surface area (Å²) in [6.45, 7) is 7.81. The Bertz CT molecular complexity index is 577. The summed E-state index contributed by atoms with van der Waals surface area (Å²) in [7, 11) is 1.72. The van der Waals surface area contributed by atoms with Gasteiger partial charge in [-0.15, -0.1) is 0 Å². The van der Waals surface area contributed by atoms with E-state index in [9.17, 15) is 0 Å². The Labute approximate surface area is 127 Å². The summed E-state index contributed by atoms with van der Waals surface area (Å²) in [4.78, 5) is 4.58. The second-order valence-electron chi connectivity index (χ2n) is 5.46. The summed E-state index contributed by atoms with van der Waals surface area (Å²) in [5.41, 5.74) is 3.76. The zero-order chi connectivity index (χ0) is 15.2. The summed E-state index contributed by atoms with van der Waals surface area (Å²) in [6, 6.07) is 8.81. The van der Waals surface area contributed by atoms with Crippen LogP contribution in [-0.4, -0.2) is 29.3 Å². The Kier molecular flexibility index (Phi) is 5.39. The molecular weight excluding hydrogens is 262 g/mol. The van der Waals surface area contributed by atoms with E-state index in [1.165, 1.54) is 11.1 Å². The highest BCUT2D eigenvalue weighted by molar-refractivity contribution is 5.34. The second kappa shape index (κ2) is 7.27. The van der Waals surface area contributed by atoms with Crippen LogP contribution in [0, 0.1) is 6.92 Å². The number of rotatable bonds is 7. The molecule has 0 aliphatic rings. The SMILES string of the molecule is CCc1ccccc1Cn1cc(C)nc1NC(C)COC. The van der Waals surface area contributed by atoms with Gasteiger partial charge in [0.05, 0.1) is 18.8 Å². The predicted octanol–water partition coefficient (Wildman–Crippen LogP) is 3.25. The lowest BCUT2D eigenvalue weighted by Gasteiger charge is -2.16. The van der Waals surface area contributed by atoms with E-state index in [1.54, 1.807) is 7.11 Å². The molecule has 0 bridgehead atoms. The van der Waals surface area contributed by atoms with Gasteiger partial charge in [0.25, 0.3) is 0 Å². The van der Waals surface area contributed by atoms with Gasteiger partial charge in [0, 0.05) is 19.3 Å². The van der Waals surface area contributed by atoms with Crippen molar-refractivity contribution in [2.45, 2.75) is 39.8 Å². The molecular formula is C17H25N3O. The zero-order valence-corrected chi connectivity index (χ0v) is 13.4. The van der Waals surface area contributed by atoms with E-state index in [1.807, 2.05) is 6.92 Å². The van der Waals surface area contributed by atoms with E-state index in [2.05, 4.69) is 59.2 Å². The van der Waals surface area contributed by atoms with Crippen molar-refractivity contribution in [3.63, 3.8) is 0 Å². The molecule has 1 N–H and O–H groups in total. The quantitative estimate of drug-likeness (QED) is 0.849. The summed E-state index contributed by atoms with van der Waals surface area (Å²) in [5, 5.41) is 3.42. The van der Waals surface area contributed by atoms with Crippen LogP contribution in [0.25, 0.3) is 0 Å². The lowest BCUT2D eigenvalue weighted by atomic mass is 10.1. The average Bonchev–Trinajstić information content (AvgIpc) is 2.79. The minimum atomic E-state index is 0.233. The van der Waals surface area contributed by atoms with Gasteiger partial charge in [0.15, 0.2) is 0 Å². The molecule has 1 heterocycles.